The van der Waals surface area contributed by atoms with Crippen LogP contribution < -0.4 is 5.73 Å². The van der Waals surface area contributed by atoms with Gasteiger partial charge in [0.05, 0.1) is 0 Å². The Balaban J connectivity index is 1.53. The van der Waals surface area contributed by atoms with Crippen molar-refractivity contribution in [3.8, 4) is 0 Å². The van der Waals surface area contributed by atoms with Gasteiger partial charge < -0.3 is 5.73 Å². The summed E-state index contributed by atoms with van der Waals surface area (Å²) in [5.41, 5.74) is 10.6. The van der Waals surface area contributed by atoms with Crippen LogP contribution in [0.15, 0.2) is 18.2 Å². The Hall–Kier alpha value is -0.860. The van der Waals surface area contributed by atoms with Crippen molar-refractivity contribution in [2.45, 2.75) is 69.6 Å². The largest absolute Gasteiger partial charge is 0.327 e. The van der Waals surface area contributed by atoms with E-state index in [1.165, 1.54) is 49.8 Å². The molecule has 3 aliphatic rings. The normalized spacial score (nSPS) is 33.6. The Morgan fingerprint density at radius 3 is 2.47 bits per heavy atom. The van der Waals surface area contributed by atoms with Gasteiger partial charge in [0.1, 0.15) is 0 Å². The molecule has 0 spiro atoms. The van der Waals surface area contributed by atoms with Gasteiger partial charge in [0.2, 0.25) is 0 Å². The number of nitrogens with two attached hydrogens (primary N) is 1. The molecule has 2 bridgehead atoms. The molecular weight excluding hydrogens is 232 g/mol. The standard InChI is InChI=1S/C17H24N2/c18-15-4-3-13-9-12(1-2-14(13)10-15)11-19-16-5-6-17(19)8-7-16/h1-2,9,15-17H,3-8,10-11,18H2. The van der Waals surface area contributed by atoms with Crippen LogP contribution in [0.2, 0.25) is 0 Å². The van der Waals surface area contributed by atoms with Crippen LogP contribution in [0.1, 0.15) is 48.8 Å². The second kappa shape index (κ2) is 4.60. The molecule has 2 saturated heterocycles. The molecule has 2 aliphatic heterocycles. The number of aryl methyl sites for hydroxylation is 1. The molecule has 2 heteroatoms. The second-order valence-corrected chi connectivity index (χ2v) is 6.74. The molecule has 0 saturated carbocycles. The minimum Gasteiger partial charge on any atom is -0.327 e. The fourth-order valence-electron chi connectivity index (χ4n) is 4.42. The smallest absolute Gasteiger partial charge is 0.0239 e. The van der Waals surface area contributed by atoms with Crippen LogP contribution in [-0.2, 0) is 19.4 Å². The van der Waals surface area contributed by atoms with Gasteiger partial charge in [-0.15, -0.1) is 0 Å². The van der Waals surface area contributed by atoms with E-state index in [2.05, 4.69) is 23.1 Å². The van der Waals surface area contributed by atoms with E-state index in [0.717, 1.165) is 24.9 Å². The first-order valence-electron chi connectivity index (χ1n) is 7.91. The summed E-state index contributed by atoms with van der Waals surface area (Å²) in [6.07, 6.45) is 9.15. The van der Waals surface area contributed by atoms with Crippen LogP contribution >= 0.6 is 0 Å². The molecule has 1 aromatic carbocycles. The summed E-state index contributed by atoms with van der Waals surface area (Å²) in [7, 11) is 0. The van der Waals surface area contributed by atoms with Gasteiger partial charge in [0.25, 0.3) is 0 Å². The summed E-state index contributed by atoms with van der Waals surface area (Å²) < 4.78 is 0. The van der Waals surface area contributed by atoms with Gasteiger partial charge in [-0.25, -0.2) is 0 Å². The van der Waals surface area contributed by atoms with Crippen LogP contribution in [0.3, 0.4) is 0 Å². The van der Waals surface area contributed by atoms with Gasteiger partial charge in [-0.2, -0.15) is 0 Å². The quantitative estimate of drug-likeness (QED) is 0.881. The Morgan fingerprint density at radius 1 is 1.00 bits per heavy atom. The van der Waals surface area contributed by atoms with Crippen molar-refractivity contribution in [1.82, 2.24) is 4.90 Å². The number of rotatable bonds is 2. The highest BCUT2D eigenvalue weighted by Crippen LogP contribution is 2.38. The first kappa shape index (κ1) is 11.9. The minimum atomic E-state index is 0.382. The Morgan fingerprint density at radius 2 is 1.74 bits per heavy atom. The Labute approximate surface area is 116 Å². The number of hydrogen-bond donors (Lipinski definition) is 1. The minimum absolute atomic E-state index is 0.382. The van der Waals surface area contributed by atoms with Crippen LogP contribution in [0, 0.1) is 0 Å². The number of benzene rings is 1. The molecule has 1 aliphatic carbocycles. The molecule has 1 atom stereocenters. The molecule has 2 fully saturated rings. The summed E-state index contributed by atoms with van der Waals surface area (Å²) in [5.74, 6) is 0. The highest BCUT2D eigenvalue weighted by molar-refractivity contribution is 5.35. The summed E-state index contributed by atoms with van der Waals surface area (Å²) >= 11 is 0. The Kier molecular flexibility index (Phi) is 2.89. The SMILES string of the molecule is NC1CCc2cc(CN3C4CCC3CC4)ccc2C1. The van der Waals surface area contributed by atoms with E-state index in [4.69, 9.17) is 5.73 Å². The molecule has 0 radical (unpaired) electrons. The molecule has 2 heterocycles. The fraction of sp³-hybridized carbons (Fsp3) is 0.647. The van der Waals surface area contributed by atoms with Crippen molar-refractivity contribution in [2.24, 2.45) is 5.73 Å². The summed E-state index contributed by atoms with van der Waals surface area (Å²) in [5, 5.41) is 0. The lowest BCUT2D eigenvalue weighted by atomic mass is 9.87. The van der Waals surface area contributed by atoms with Gasteiger partial charge in [-0.3, -0.25) is 4.90 Å². The first-order valence-corrected chi connectivity index (χ1v) is 7.91. The average Bonchev–Trinajstić information content (AvgIpc) is 2.99. The van der Waals surface area contributed by atoms with Crippen LogP contribution in [0.5, 0.6) is 0 Å². The molecule has 19 heavy (non-hydrogen) atoms. The lowest BCUT2D eigenvalue weighted by Gasteiger charge is -2.25. The maximum Gasteiger partial charge on any atom is 0.0239 e. The zero-order valence-corrected chi connectivity index (χ0v) is 11.6. The van der Waals surface area contributed by atoms with Gasteiger partial charge in [-0.1, -0.05) is 18.2 Å². The zero-order valence-electron chi connectivity index (χ0n) is 11.6. The average molecular weight is 256 g/mol. The van der Waals surface area contributed by atoms with Gasteiger partial charge in [-0.05, 0) is 61.6 Å². The third-order valence-corrected chi connectivity index (χ3v) is 5.51. The molecule has 0 aromatic heterocycles. The highest BCUT2D eigenvalue weighted by atomic mass is 15.2. The maximum atomic E-state index is 6.06. The van der Waals surface area contributed by atoms with Crippen LogP contribution in [0.25, 0.3) is 0 Å². The number of hydrogen-bond acceptors (Lipinski definition) is 2. The van der Waals surface area contributed by atoms with E-state index in [1.54, 1.807) is 5.56 Å². The molecule has 0 amide bonds. The monoisotopic (exact) mass is 256 g/mol. The highest BCUT2D eigenvalue weighted by Gasteiger charge is 2.38. The lowest BCUT2D eigenvalue weighted by molar-refractivity contribution is 0.244. The van der Waals surface area contributed by atoms with E-state index in [9.17, 15) is 0 Å². The number of nitrogens with zero attached hydrogens (tertiary/aromatic N) is 1. The molecule has 2 nitrogen and oxygen atoms in total. The maximum absolute atomic E-state index is 6.06. The summed E-state index contributed by atoms with van der Waals surface area (Å²) in [6.45, 7) is 1.18. The third kappa shape index (κ3) is 2.11. The van der Waals surface area contributed by atoms with Crippen molar-refractivity contribution in [3.05, 3.63) is 34.9 Å². The predicted molar refractivity (Wildman–Crippen MR) is 78.0 cm³/mol. The van der Waals surface area contributed by atoms with Crippen molar-refractivity contribution in [1.29, 1.82) is 0 Å². The van der Waals surface area contributed by atoms with Crippen molar-refractivity contribution >= 4 is 0 Å². The second-order valence-electron chi connectivity index (χ2n) is 6.74. The number of fused-ring (bicyclic) bond motifs is 3. The Bertz CT molecular complexity index is 462. The van der Waals surface area contributed by atoms with Gasteiger partial charge in [0, 0.05) is 24.7 Å². The summed E-state index contributed by atoms with van der Waals surface area (Å²) in [4.78, 5) is 2.76. The fourth-order valence-corrected chi connectivity index (χ4v) is 4.42. The van der Waals surface area contributed by atoms with E-state index in [-0.39, 0.29) is 0 Å². The predicted octanol–water partition coefficient (Wildman–Crippen LogP) is 2.63. The van der Waals surface area contributed by atoms with E-state index < -0.39 is 0 Å². The van der Waals surface area contributed by atoms with Crippen LogP contribution in [-0.4, -0.2) is 23.0 Å². The third-order valence-electron chi connectivity index (χ3n) is 5.51. The van der Waals surface area contributed by atoms with Gasteiger partial charge >= 0.3 is 0 Å². The summed E-state index contributed by atoms with van der Waals surface area (Å²) in [6, 6.07) is 9.28. The molecule has 2 N–H and O–H groups in total. The van der Waals surface area contributed by atoms with Crippen LogP contribution in [0.4, 0.5) is 0 Å². The molecule has 1 unspecified atom stereocenters. The van der Waals surface area contributed by atoms with E-state index >= 15 is 0 Å². The molecule has 4 rings (SSSR count). The molecule has 102 valence electrons. The first-order chi connectivity index (χ1) is 9.29. The zero-order chi connectivity index (χ0) is 12.8. The molecule has 1 aromatic rings. The topological polar surface area (TPSA) is 29.3 Å². The van der Waals surface area contributed by atoms with Crippen molar-refractivity contribution < 1.29 is 0 Å². The van der Waals surface area contributed by atoms with Gasteiger partial charge in [0.15, 0.2) is 0 Å². The van der Waals surface area contributed by atoms with E-state index in [1.807, 2.05) is 0 Å². The van der Waals surface area contributed by atoms with Crippen molar-refractivity contribution in [2.75, 3.05) is 0 Å². The van der Waals surface area contributed by atoms with E-state index in [0.29, 0.717) is 6.04 Å². The lowest BCUT2D eigenvalue weighted by Crippen LogP contribution is -2.29. The molecular formula is C17H24N2. The van der Waals surface area contributed by atoms with Crippen molar-refractivity contribution in [3.63, 3.8) is 0 Å².